The number of halogens is 1. The number of anilines is 1. The highest BCUT2D eigenvalue weighted by atomic mass is 35.5. The molecule has 6 nitrogen and oxygen atoms in total. The molecular weight excluding hydrogens is 332 g/mol. The standard InChI is InChI=1S/C17H23ClN2O4/c1-17(2,3)20-9-10(6-15(20)21)16(22)19-12-8-13(23-4)11(18)7-14(12)24-5/h7-8,10H,6,9H2,1-5H3,(H,19,22). The topological polar surface area (TPSA) is 67.9 Å². The van der Waals surface area contributed by atoms with Gasteiger partial charge in [0.25, 0.3) is 0 Å². The average molecular weight is 355 g/mol. The van der Waals surface area contributed by atoms with Gasteiger partial charge >= 0.3 is 0 Å². The van der Waals surface area contributed by atoms with Gasteiger partial charge in [-0.1, -0.05) is 11.6 Å². The number of hydrogen-bond donors (Lipinski definition) is 1. The highest BCUT2D eigenvalue weighted by Crippen LogP contribution is 2.36. The lowest BCUT2D eigenvalue weighted by Gasteiger charge is -2.31. The molecule has 7 heteroatoms. The van der Waals surface area contributed by atoms with E-state index in [1.54, 1.807) is 17.0 Å². The van der Waals surface area contributed by atoms with Crippen LogP contribution >= 0.6 is 11.6 Å². The number of likely N-dealkylation sites (tertiary alicyclic amines) is 1. The molecule has 132 valence electrons. The molecule has 1 heterocycles. The third-order valence-corrected chi connectivity index (χ3v) is 4.33. The molecule has 1 N–H and O–H groups in total. The van der Waals surface area contributed by atoms with E-state index in [-0.39, 0.29) is 23.8 Å². The molecule has 1 aromatic rings. The predicted molar refractivity (Wildman–Crippen MR) is 92.8 cm³/mol. The maximum atomic E-state index is 12.6. The predicted octanol–water partition coefficient (Wildman–Crippen LogP) is 2.94. The van der Waals surface area contributed by atoms with Crippen molar-refractivity contribution in [2.24, 2.45) is 5.92 Å². The molecular formula is C17H23ClN2O4. The van der Waals surface area contributed by atoms with Gasteiger partial charge in [0.05, 0.1) is 30.8 Å². The van der Waals surface area contributed by atoms with Crippen LogP contribution in [0.5, 0.6) is 11.5 Å². The molecule has 1 fully saturated rings. The summed E-state index contributed by atoms with van der Waals surface area (Å²) in [5, 5.41) is 3.21. The first-order valence-corrected chi connectivity index (χ1v) is 8.08. The smallest absolute Gasteiger partial charge is 0.229 e. The van der Waals surface area contributed by atoms with Gasteiger partial charge in [0.15, 0.2) is 0 Å². The van der Waals surface area contributed by atoms with E-state index < -0.39 is 5.92 Å². The molecule has 1 atom stereocenters. The summed E-state index contributed by atoms with van der Waals surface area (Å²) in [5.41, 5.74) is 0.165. The molecule has 24 heavy (non-hydrogen) atoms. The van der Waals surface area contributed by atoms with Crippen LogP contribution in [0.1, 0.15) is 27.2 Å². The van der Waals surface area contributed by atoms with Gasteiger partial charge in [-0.05, 0) is 20.8 Å². The molecule has 1 aromatic carbocycles. The van der Waals surface area contributed by atoms with E-state index in [9.17, 15) is 9.59 Å². The van der Waals surface area contributed by atoms with E-state index in [0.717, 1.165) is 0 Å². The van der Waals surface area contributed by atoms with Crippen LogP contribution in [0, 0.1) is 5.92 Å². The van der Waals surface area contributed by atoms with Crippen LogP contribution in [0.25, 0.3) is 0 Å². The summed E-state index contributed by atoms with van der Waals surface area (Å²) in [6.07, 6.45) is 0.205. The Morgan fingerprint density at radius 3 is 2.38 bits per heavy atom. The van der Waals surface area contributed by atoms with Gasteiger partial charge < -0.3 is 19.7 Å². The van der Waals surface area contributed by atoms with Gasteiger partial charge in [-0.3, -0.25) is 9.59 Å². The monoisotopic (exact) mass is 354 g/mol. The van der Waals surface area contributed by atoms with Gasteiger partial charge in [0, 0.05) is 30.6 Å². The molecule has 2 rings (SSSR count). The Labute approximate surface area is 147 Å². The Morgan fingerprint density at radius 2 is 1.88 bits per heavy atom. The Kier molecular flexibility index (Phi) is 5.28. The first-order valence-electron chi connectivity index (χ1n) is 7.70. The maximum Gasteiger partial charge on any atom is 0.229 e. The van der Waals surface area contributed by atoms with E-state index in [4.69, 9.17) is 21.1 Å². The van der Waals surface area contributed by atoms with E-state index in [0.29, 0.717) is 28.8 Å². The zero-order valence-corrected chi connectivity index (χ0v) is 15.4. The number of carbonyl (C=O) groups excluding carboxylic acids is 2. The number of amides is 2. The maximum absolute atomic E-state index is 12.6. The summed E-state index contributed by atoms with van der Waals surface area (Å²) in [6, 6.07) is 3.19. The average Bonchev–Trinajstić information content (AvgIpc) is 2.90. The number of nitrogens with one attached hydrogen (secondary N) is 1. The fourth-order valence-corrected chi connectivity index (χ4v) is 2.96. The minimum atomic E-state index is -0.400. The Hall–Kier alpha value is -1.95. The van der Waals surface area contributed by atoms with Gasteiger partial charge in [-0.25, -0.2) is 0 Å². The van der Waals surface area contributed by atoms with Gasteiger partial charge in [-0.2, -0.15) is 0 Å². The Morgan fingerprint density at radius 1 is 1.25 bits per heavy atom. The van der Waals surface area contributed by atoms with Gasteiger partial charge in [0.1, 0.15) is 11.5 Å². The van der Waals surface area contributed by atoms with Crippen molar-refractivity contribution in [1.29, 1.82) is 0 Å². The summed E-state index contributed by atoms with van der Waals surface area (Å²) in [7, 11) is 2.99. The molecule has 0 bridgehead atoms. The van der Waals surface area contributed by atoms with Crippen molar-refractivity contribution in [3.8, 4) is 11.5 Å². The third-order valence-electron chi connectivity index (χ3n) is 4.04. The highest BCUT2D eigenvalue weighted by molar-refractivity contribution is 6.32. The van der Waals surface area contributed by atoms with Crippen LogP contribution < -0.4 is 14.8 Å². The normalized spacial score (nSPS) is 17.8. The molecule has 0 radical (unpaired) electrons. The zero-order valence-electron chi connectivity index (χ0n) is 14.6. The third kappa shape index (κ3) is 3.75. The second-order valence-corrected chi connectivity index (χ2v) is 7.16. The summed E-state index contributed by atoms with van der Waals surface area (Å²) >= 11 is 6.06. The van der Waals surface area contributed by atoms with Crippen LogP contribution in [0.4, 0.5) is 5.69 Å². The minimum Gasteiger partial charge on any atom is -0.495 e. The lowest BCUT2D eigenvalue weighted by molar-refractivity contribution is -0.131. The lowest BCUT2D eigenvalue weighted by atomic mass is 10.1. The van der Waals surface area contributed by atoms with Crippen LogP contribution in [0.2, 0.25) is 5.02 Å². The van der Waals surface area contributed by atoms with Crippen molar-refractivity contribution in [3.05, 3.63) is 17.2 Å². The summed E-state index contributed by atoms with van der Waals surface area (Å²) in [5.74, 6) is 0.238. The molecule has 0 saturated carbocycles. The number of benzene rings is 1. The number of ether oxygens (including phenoxy) is 2. The molecule has 0 aliphatic carbocycles. The quantitative estimate of drug-likeness (QED) is 0.902. The molecule has 1 saturated heterocycles. The van der Waals surface area contributed by atoms with Crippen molar-refractivity contribution in [3.63, 3.8) is 0 Å². The van der Waals surface area contributed by atoms with E-state index in [2.05, 4.69) is 5.32 Å². The molecule has 0 spiro atoms. The Bertz CT molecular complexity index is 655. The van der Waals surface area contributed by atoms with Crippen molar-refractivity contribution < 1.29 is 19.1 Å². The first-order chi connectivity index (χ1) is 11.2. The van der Waals surface area contributed by atoms with E-state index in [1.807, 2.05) is 20.8 Å². The van der Waals surface area contributed by atoms with E-state index in [1.165, 1.54) is 14.2 Å². The Balaban J connectivity index is 2.17. The minimum absolute atomic E-state index is 0.0108. The van der Waals surface area contributed by atoms with Gasteiger partial charge in [-0.15, -0.1) is 0 Å². The number of nitrogens with zero attached hydrogens (tertiary/aromatic N) is 1. The fourth-order valence-electron chi connectivity index (χ4n) is 2.72. The van der Waals surface area contributed by atoms with Crippen molar-refractivity contribution in [1.82, 2.24) is 4.90 Å². The van der Waals surface area contributed by atoms with Crippen molar-refractivity contribution in [2.75, 3.05) is 26.1 Å². The van der Waals surface area contributed by atoms with Crippen molar-refractivity contribution in [2.45, 2.75) is 32.7 Å². The molecule has 1 aliphatic rings. The zero-order chi connectivity index (χ0) is 18.1. The molecule has 2 amide bonds. The lowest BCUT2D eigenvalue weighted by Crippen LogP contribution is -2.42. The fraction of sp³-hybridized carbons (Fsp3) is 0.529. The second kappa shape index (κ2) is 6.89. The van der Waals surface area contributed by atoms with Gasteiger partial charge in [0.2, 0.25) is 11.8 Å². The largest absolute Gasteiger partial charge is 0.495 e. The number of methoxy groups -OCH3 is 2. The molecule has 1 unspecified atom stereocenters. The molecule has 0 aromatic heterocycles. The highest BCUT2D eigenvalue weighted by Gasteiger charge is 2.39. The van der Waals surface area contributed by atoms with Crippen LogP contribution in [0.3, 0.4) is 0 Å². The van der Waals surface area contributed by atoms with Crippen LogP contribution in [-0.2, 0) is 9.59 Å². The first kappa shape index (κ1) is 18.4. The SMILES string of the molecule is COc1cc(NC(=O)C2CC(=O)N(C(C)(C)C)C2)c(OC)cc1Cl. The van der Waals surface area contributed by atoms with Crippen LogP contribution in [-0.4, -0.2) is 43.0 Å². The molecule has 1 aliphatic heterocycles. The van der Waals surface area contributed by atoms with E-state index >= 15 is 0 Å². The van der Waals surface area contributed by atoms with Crippen molar-refractivity contribution >= 4 is 29.1 Å². The summed E-state index contributed by atoms with van der Waals surface area (Å²) < 4.78 is 10.4. The second-order valence-electron chi connectivity index (χ2n) is 6.75. The number of hydrogen-bond acceptors (Lipinski definition) is 4. The van der Waals surface area contributed by atoms with Crippen LogP contribution in [0.15, 0.2) is 12.1 Å². The number of carbonyl (C=O) groups is 2. The number of rotatable bonds is 4. The summed E-state index contributed by atoms with van der Waals surface area (Å²) in [4.78, 5) is 26.4. The summed E-state index contributed by atoms with van der Waals surface area (Å²) in [6.45, 7) is 6.27.